The van der Waals surface area contributed by atoms with Gasteiger partial charge in [0.05, 0.1) is 12.7 Å². The number of nitrogens with zero attached hydrogens (tertiary/aromatic N) is 1. The van der Waals surface area contributed by atoms with Crippen LogP contribution in [0.5, 0.6) is 0 Å². The Hall–Kier alpha value is -0.690. The Balaban J connectivity index is 2.24. The lowest BCUT2D eigenvalue weighted by molar-refractivity contribution is -0.0455. The molecule has 3 atom stereocenters. The molecule has 1 saturated heterocycles. The van der Waals surface area contributed by atoms with Crippen LogP contribution in [-0.4, -0.2) is 33.6 Å². The first-order valence-electron chi connectivity index (χ1n) is 4.74. The summed E-state index contributed by atoms with van der Waals surface area (Å²) in [4.78, 5) is 11.4. The number of thiazole rings is 1. The van der Waals surface area contributed by atoms with Gasteiger partial charge >= 0.3 is 4.87 Å². The van der Waals surface area contributed by atoms with Crippen LogP contribution in [0.4, 0.5) is 0 Å². The van der Waals surface area contributed by atoms with Crippen molar-refractivity contribution >= 4 is 11.3 Å². The summed E-state index contributed by atoms with van der Waals surface area (Å²) in [6.07, 6.45) is -1.38. The van der Waals surface area contributed by atoms with Gasteiger partial charge in [-0.15, -0.1) is 0 Å². The number of aromatic nitrogens is 1. The van der Waals surface area contributed by atoms with Crippen LogP contribution in [0.2, 0.25) is 0 Å². The minimum Gasteiger partial charge on any atom is -0.394 e. The summed E-state index contributed by atoms with van der Waals surface area (Å²) in [7, 11) is 0. The van der Waals surface area contributed by atoms with E-state index in [1.54, 1.807) is 5.38 Å². The molecule has 0 radical (unpaired) electrons. The topological polar surface area (TPSA) is 71.7 Å². The van der Waals surface area contributed by atoms with Gasteiger partial charge in [0.2, 0.25) is 0 Å². The smallest absolute Gasteiger partial charge is 0.309 e. The van der Waals surface area contributed by atoms with Gasteiger partial charge in [-0.3, -0.25) is 9.36 Å². The molecule has 0 saturated carbocycles. The van der Waals surface area contributed by atoms with Crippen LogP contribution in [-0.2, 0) is 4.74 Å². The molecule has 5 nitrogen and oxygen atoms in total. The summed E-state index contributed by atoms with van der Waals surface area (Å²) in [6.45, 7) is 1.59. The molecule has 0 amide bonds. The van der Waals surface area contributed by atoms with Crippen molar-refractivity contribution in [2.75, 3.05) is 6.61 Å². The van der Waals surface area contributed by atoms with Crippen molar-refractivity contribution in [2.45, 2.75) is 31.8 Å². The minimum atomic E-state index is -0.703. The first-order chi connectivity index (χ1) is 7.13. The third-order valence-corrected chi connectivity index (χ3v) is 3.44. The Labute approximate surface area is 90.5 Å². The fourth-order valence-electron chi connectivity index (χ4n) is 1.78. The Morgan fingerprint density at radius 2 is 2.47 bits per heavy atom. The molecule has 1 aliphatic heterocycles. The van der Waals surface area contributed by atoms with Crippen LogP contribution >= 0.6 is 11.3 Å². The summed E-state index contributed by atoms with van der Waals surface area (Å²) < 4.78 is 6.92. The lowest BCUT2D eigenvalue weighted by Gasteiger charge is -2.13. The van der Waals surface area contributed by atoms with E-state index >= 15 is 0 Å². The summed E-state index contributed by atoms with van der Waals surface area (Å²) in [5, 5.41) is 20.2. The number of aliphatic hydroxyl groups excluding tert-OH is 2. The van der Waals surface area contributed by atoms with E-state index in [9.17, 15) is 9.90 Å². The summed E-state index contributed by atoms with van der Waals surface area (Å²) in [5.41, 5.74) is 0.820. The fraction of sp³-hybridized carbons (Fsp3) is 0.667. The van der Waals surface area contributed by atoms with Crippen LogP contribution in [0, 0.1) is 6.92 Å². The fourth-order valence-corrected chi connectivity index (χ4v) is 2.54. The summed E-state index contributed by atoms with van der Waals surface area (Å²) in [5.74, 6) is 0. The number of aryl methyl sites for hydroxylation is 1. The highest BCUT2D eigenvalue weighted by Crippen LogP contribution is 2.28. The molecule has 0 aromatic carbocycles. The van der Waals surface area contributed by atoms with Crippen molar-refractivity contribution < 1.29 is 14.9 Å². The van der Waals surface area contributed by atoms with Crippen molar-refractivity contribution in [1.82, 2.24) is 4.57 Å². The van der Waals surface area contributed by atoms with Crippen molar-refractivity contribution in [3.8, 4) is 0 Å². The number of ether oxygens (including phenoxy) is 1. The van der Waals surface area contributed by atoms with Crippen LogP contribution < -0.4 is 4.87 Å². The van der Waals surface area contributed by atoms with Gasteiger partial charge in [0.15, 0.2) is 0 Å². The van der Waals surface area contributed by atoms with Crippen molar-refractivity contribution in [3.63, 3.8) is 0 Å². The van der Waals surface area contributed by atoms with Crippen LogP contribution in [0.3, 0.4) is 0 Å². The maximum atomic E-state index is 11.5. The number of rotatable bonds is 2. The Bertz CT molecular complexity index is 399. The highest BCUT2D eigenvalue weighted by atomic mass is 32.1. The van der Waals surface area contributed by atoms with Gasteiger partial charge in [-0.1, -0.05) is 11.3 Å². The Morgan fingerprint density at radius 1 is 1.73 bits per heavy atom. The molecule has 1 fully saturated rings. The van der Waals surface area contributed by atoms with E-state index in [-0.39, 0.29) is 11.5 Å². The molecule has 2 N–H and O–H groups in total. The molecular weight excluding hydrogens is 218 g/mol. The zero-order chi connectivity index (χ0) is 11.0. The third-order valence-electron chi connectivity index (χ3n) is 2.58. The van der Waals surface area contributed by atoms with E-state index in [0.717, 1.165) is 17.0 Å². The zero-order valence-corrected chi connectivity index (χ0v) is 9.11. The van der Waals surface area contributed by atoms with E-state index in [0.29, 0.717) is 6.42 Å². The number of hydrogen-bond donors (Lipinski definition) is 2. The Kier molecular flexibility index (Phi) is 2.92. The molecule has 1 aromatic heterocycles. The van der Waals surface area contributed by atoms with Crippen molar-refractivity contribution in [2.24, 2.45) is 0 Å². The number of aliphatic hydroxyl groups is 2. The predicted octanol–water partition coefficient (Wildman–Crippen LogP) is -0.141. The molecule has 0 spiro atoms. The lowest BCUT2D eigenvalue weighted by Crippen LogP contribution is -2.25. The highest BCUT2D eigenvalue weighted by molar-refractivity contribution is 7.07. The maximum Gasteiger partial charge on any atom is 0.309 e. The van der Waals surface area contributed by atoms with E-state index in [4.69, 9.17) is 9.84 Å². The van der Waals surface area contributed by atoms with Crippen LogP contribution in [0.1, 0.15) is 18.3 Å². The summed E-state index contributed by atoms with van der Waals surface area (Å²) >= 11 is 1.11. The quantitative estimate of drug-likeness (QED) is 0.743. The van der Waals surface area contributed by atoms with Crippen molar-refractivity contribution in [1.29, 1.82) is 0 Å². The lowest BCUT2D eigenvalue weighted by atomic mass is 10.2. The molecular formula is C9H13NO4S. The van der Waals surface area contributed by atoms with E-state index < -0.39 is 18.4 Å². The molecule has 2 rings (SSSR count). The first kappa shape index (κ1) is 10.8. The van der Waals surface area contributed by atoms with Gasteiger partial charge in [-0.2, -0.15) is 0 Å². The van der Waals surface area contributed by atoms with Gasteiger partial charge in [0, 0.05) is 17.5 Å². The van der Waals surface area contributed by atoms with Gasteiger partial charge in [0.25, 0.3) is 0 Å². The summed E-state index contributed by atoms with van der Waals surface area (Å²) in [6, 6.07) is 0. The second-order valence-electron chi connectivity index (χ2n) is 3.63. The van der Waals surface area contributed by atoms with Gasteiger partial charge < -0.3 is 14.9 Å². The van der Waals surface area contributed by atoms with Crippen LogP contribution in [0.25, 0.3) is 0 Å². The van der Waals surface area contributed by atoms with Crippen molar-refractivity contribution in [3.05, 3.63) is 20.7 Å². The van der Waals surface area contributed by atoms with Gasteiger partial charge in [-0.05, 0) is 6.92 Å². The SMILES string of the molecule is Cc1csc(=O)n1[C@H]1C[C@H](O)[C@@H](CO)O1. The molecule has 6 heteroatoms. The van der Waals surface area contributed by atoms with E-state index in [1.165, 1.54) is 4.57 Å². The zero-order valence-electron chi connectivity index (χ0n) is 8.29. The predicted molar refractivity (Wildman–Crippen MR) is 54.9 cm³/mol. The molecule has 15 heavy (non-hydrogen) atoms. The largest absolute Gasteiger partial charge is 0.394 e. The normalized spacial score (nSPS) is 31.0. The maximum absolute atomic E-state index is 11.5. The average Bonchev–Trinajstić information content (AvgIpc) is 2.70. The standard InChI is InChI=1S/C9H13NO4S/c1-5-4-15-9(13)10(5)8-2-6(12)7(3-11)14-8/h4,6-8,11-12H,2-3H2,1H3/t6-,7+,8+/m0/s1. The van der Waals surface area contributed by atoms with E-state index in [2.05, 4.69) is 0 Å². The van der Waals surface area contributed by atoms with E-state index in [1.807, 2.05) is 6.92 Å². The molecule has 0 unspecified atom stereocenters. The average molecular weight is 231 g/mol. The molecule has 2 heterocycles. The van der Waals surface area contributed by atoms with Gasteiger partial charge in [0.1, 0.15) is 12.3 Å². The third kappa shape index (κ3) is 1.85. The molecule has 0 aliphatic carbocycles. The Morgan fingerprint density at radius 3 is 2.93 bits per heavy atom. The number of hydrogen-bond acceptors (Lipinski definition) is 5. The molecule has 0 bridgehead atoms. The van der Waals surface area contributed by atoms with Gasteiger partial charge in [-0.25, -0.2) is 0 Å². The molecule has 1 aliphatic rings. The first-order valence-corrected chi connectivity index (χ1v) is 5.62. The molecule has 84 valence electrons. The second-order valence-corrected chi connectivity index (χ2v) is 4.45. The van der Waals surface area contributed by atoms with Crippen LogP contribution in [0.15, 0.2) is 10.2 Å². The monoisotopic (exact) mass is 231 g/mol. The minimum absolute atomic E-state index is 0.0942. The highest BCUT2D eigenvalue weighted by Gasteiger charge is 2.35. The second kappa shape index (κ2) is 4.05. The molecule has 1 aromatic rings.